The van der Waals surface area contributed by atoms with Gasteiger partial charge in [-0.05, 0) is 43.9 Å². The molecule has 0 radical (unpaired) electrons. The molecule has 4 atom stereocenters. The third-order valence-electron chi connectivity index (χ3n) is 5.27. The standard InChI is InChI=1S/C21H29N3O7S/c1-12(21(30)31)32-11-14-3-2-8-24(14)20(29)17(10-18(26)27)23-19(28)16(22)9-13-4-6-15(25)7-5-13/h4-7,12,14,16-17,25H,2-3,8-11,22H2,1H3,(H,23,28)(H,26,27)(H,30,31)/t12?,14-,16-,17-/m0/s1. The molecule has 0 aromatic heterocycles. The fourth-order valence-electron chi connectivity index (χ4n) is 3.46. The molecule has 2 amide bonds. The van der Waals surface area contributed by atoms with Crippen LogP contribution in [0.25, 0.3) is 0 Å². The maximum atomic E-state index is 13.1. The van der Waals surface area contributed by atoms with Crippen LogP contribution in [0.1, 0.15) is 31.7 Å². The summed E-state index contributed by atoms with van der Waals surface area (Å²) in [7, 11) is 0. The number of rotatable bonds is 11. The largest absolute Gasteiger partial charge is 0.508 e. The lowest BCUT2D eigenvalue weighted by atomic mass is 10.0. The van der Waals surface area contributed by atoms with Gasteiger partial charge in [0.05, 0.1) is 17.7 Å². The molecule has 1 aromatic rings. The minimum absolute atomic E-state index is 0.0787. The number of nitrogens with zero attached hydrogens (tertiary/aromatic N) is 1. The van der Waals surface area contributed by atoms with Crippen molar-refractivity contribution < 1.29 is 34.5 Å². The molecule has 6 N–H and O–H groups in total. The third-order valence-corrected chi connectivity index (χ3v) is 6.55. The quantitative estimate of drug-likeness (QED) is 0.309. The van der Waals surface area contributed by atoms with Crippen LogP contribution < -0.4 is 11.1 Å². The van der Waals surface area contributed by atoms with Crippen molar-refractivity contribution in [3.8, 4) is 5.75 Å². The van der Waals surface area contributed by atoms with Crippen LogP contribution in [0.15, 0.2) is 24.3 Å². The Morgan fingerprint density at radius 2 is 1.88 bits per heavy atom. The van der Waals surface area contributed by atoms with Crippen LogP contribution in [0.2, 0.25) is 0 Å². The molecule has 0 saturated carbocycles. The van der Waals surface area contributed by atoms with Gasteiger partial charge in [0.2, 0.25) is 11.8 Å². The molecule has 1 aromatic carbocycles. The summed E-state index contributed by atoms with van der Waals surface area (Å²) >= 11 is 1.21. The number of carboxylic acids is 2. The lowest BCUT2D eigenvalue weighted by Gasteiger charge is -2.29. The number of hydrogen-bond acceptors (Lipinski definition) is 7. The van der Waals surface area contributed by atoms with E-state index in [1.54, 1.807) is 19.1 Å². The molecular formula is C21H29N3O7S. The molecular weight excluding hydrogens is 438 g/mol. The summed E-state index contributed by atoms with van der Waals surface area (Å²) < 4.78 is 0. The molecule has 2 rings (SSSR count). The summed E-state index contributed by atoms with van der Waals surface area (Å²) in [5, 5.41) is 29.5. The van der Waals surface area contributed by atoms with E-state index in [4.69, 9.17) is 10.8 Å². The zero-order chi connectivity index (χ0) is 23.8. The highest BCUT2D eigenvalue weighted by molar-refractivity contribution is 8.00. The molecule has 10 nitrogen and oxygen atoms in total. The Bertz CT molecular complexity index is 833. The zero-order valence-electron chi connectivity index (χ0n) is 17.8. The van der Waals surface area contributed by atoms with E-state index in [1.165, 1.54) is 28.8 Å². The van der Waals surface area contributed by atoms with Gasteiger partial charge in [-0.15, -0.1) is 11.8 Å². The maximum Gasteiger partial charge on any atom is 0.316 e. The average molecular weight is 468 g/mol. The minimum Gasteiger partial charge on any atom is -0.508 e. The highest BCUT2D eigenvalue weighted by atomic mass is 32.2. The number of hydrogen-bond donors (Lipinski definition) is 5. The molecule has 1 heterocycles. The van der Waals surface area contributed by atoms with Gasteiger partial charge in [-0.2, -0.15) is 0 Å². The number of nitrogens with two attached hydrogens (primary N) is 1. The Morgan fingerprint density at radius 3 is 2.47 bits per heavy atom. The van der Waals surface area contributed by atoms with Gasteiger partial charge >= 0.3 is 11.9 Å². The summed E-state index contributed by atoms with van der Waals surface area (Å²) in [5.74, 6) is -2.85. The predicted octanol–water partition coefficient (Wildman–Crippen LogP) is 0.419. The monoisotopic (exact) mass is 467 g/mol. The van der Waals surface area contributed by atoms with Crippen molar-refractivity contribution in [3.63, 3.8) is 0 Å². The number of aromatic hydroxyl groups is 1. The topological polar surface area (TPSA) is 170 Å². The number of amides is 2. The Hall–Kier alpha value is -2.79. The van der Waals surface area contributed by atoms with Crippen molar-refractivity contribution in [2.75, 3.05) is 12.3 Å². The van der Waals surface area contributed by atoms with E-state index in [0.29, 0.717) is 30.7 Å². The van der Waals surface area contributed by atoms with Crippen molar-refractivity contribution in [1.29, 1.82) is 0 Å². The molecule has 0 bridgehead atoms. The number of aliphatic carboxylic acids is 2. The van der Waals surface area contributed by atoms with Crippen molar-refractivity contribution in [2.45, 2.75) is 56.0 Å². The molecule has 32 heavy (non-hydrogen) atoms. The van der Waals surface area contributed by atoms with E-state index in [0.717, 1.165) is 0 Å². The number of benzene rings is 1. The number of likely N-dealkylation sites (tertiary alicyclic amines) is 1. The van der Waals surface area contributed by atoms with Crippen LogP contribution in [0, 0.1) is 0 Å². The predicted molar refractivity (Wildman–Crippen MR) is 118 cm³/mol. The van der Waals surface area contributed by atoms with Crippen molar-refractivity contribution in [1.82, 2.24) is 10.2 Å². The molecule has 1 fully saturated rings. The van der Waals surface area contributed by atoms with E-state index in [1.807, 2.05) is 0 Å². The molecule has 1 aliphatic rings. The fourth-order valence-corrected chi connectivity index (χ4v) is 4.46. The van der Waals surface area contributed by atoms with E-state index < -0.39 is 47.5 Å². The van der Waals surface area contributed by atoms with Gasteiger partial charge in [0.25, 0.3) is 0 Å². The van der Waals surface area contributed by atoms with Gasteiger partial charge in [-0.3, -0.25) is 19.2 Å². The average Bonchev–Trinajstić information content (AvgIpc) is 3.20. The van der Waals surface area contributed by atoms with Gasteiger partial charge in [0.15, 0.2) is 0 Å². The van der Waals surface area contributed by atoms with Crippen molar-refractivity contribution in [3.05, 3.63) is 29.8 Å². The lowest BCUT2D eigenvalue weighted by Crippen LogP contribution is -2.54. The first kappa shape index (κ1) is 25.5. The Labute approximate surface area is 190 Å². The number of nitrogens with one attached hydrogen (secondary N) is 1. The molecule has 1 saturated heterocycles. The second-order valence-electron chi connectivity index (χ2n) is 7.78. The maximum absolute atomic E-state index is 13.1. The first-order valence-electron chi connectivity index (χ1n) is 10.3. The van der Waals surface area contributed by atoms with E-state index in [2.05, 4.69) is 5.32 Å². The van der Waals surface area contributed by atoms with E-state index >= 15 is 0 Å². The smallest absolute Gasteiger partial charge is 0.316 e. The van der Waals surface area contributed by atoms with Crippen LogP contribution in [0.5, 0.6) is 5.75 Å². The molecule has 176 valence electrons. The number of carbonyl (C=O) groups is 4. The van der Waals surface area contributed by atoms with Crippen molar-refractivity contribution >= 4 is 35.5 Å². The number of phenols is 1. The summed E-state index contributed by atoms with van der Waals surface area (Å²) in [6.07, 6.45) is 0.959. The summed E-state index contributed by atoms with van der Waals surface area (Å²) in [6.45, 7) is 1.98. The van der Waals surface area contributed by atoms with E-state index in [-0.39, 0.29) is 18.2 Å². The highest BCUT2D eigenvalue weighted by Crippen LogP contribution is 2.24. The first-order valence-corrected chi connectivity index (χ1v) is 11.3. The van der Waals surface area contributed by atoms with Crippen LogP contribution in [-0.4, -0.2) is 79.6 Å². The molecule has 11 heteroatoms. The van der Waals surface area contributed by atoms with Gasteiger partial charge < -0.3 is 31.3 Å². The number of phenolic OH excluding ortho intramolecular Hbond substituents is 1. The fraction of sp³-hybridized carbons (Fsp3) is 0.524. The van der Waals surface area contributed by atoms with Crippen LogP contribution >= 0.6 is 11.8 Å². The molecule has 1 aliphatic heterocycles. The van der Waals surface area contributed by atoms with E-state index in [9.17, 15) is 29.4 Å². The lowest BCUT2D eigenvalue weighted by molar-refractivity contribution is -0.144. The first-order chi connectivity index (χ1) is 15.1. The second kappa shape index (κ2) is 11.7. The SMILES string of the molecule is CC(SC[C@@H]1CCCN1C(=O)[C@H](CC(=O)O)NC(=O)[C@@H](N)Cc1ccc(O)cc1)C(=O)O. The minimum atomic E-state index is -1.27. The Kier molecular flexibility index (Phi) is 9.33. The third kappa shape index (κ3) is 7.41. The summed E-state index contributed by atoms with van der Waals surface area (Å²) in [4.78, 5) is 49.6. The summed E-state index contributed by atoms with van der Waals surface area (Å²) in [6, 6.07) is 3.66. The van der Waals surface area contributed by atoms with Crippen LogP contribution in [-0.2, 0) is 25.6 Å². The number of carbonyl (C=O) groups excluding carboxylic acids is 2. The second-order valence-corrected chi connectivity index (χ2v) is 9.15. The highest BCUT2D eigenvalue weighted by Gasteiger charge is 2.36. The summed E-state index contributed by atoms with van der Waals surface area (Å²) in [5.41, 5.74) is 6.66. The molecule has 0 aliphatic carbocycles. The molecule has 1 unspecified atom stereocenters. The Morgan fingerprint density at radius 1 is 1.22 bits per heavy atom. The van der Waals surface area contributed by atoms with Crippen LogP contribution in [0.3, 0.4) is 0 Å². The Balaban J connectivity index is 2.03. The van der Waals surface area contributed by atoms with Crippen LogP contribution in [0.4, 0.5) is 0 Å². The molecule has 0 spiro atoms. The normalized spacial score (nSPS) is 18.6. The van der Waals surface area contributed by atoms with Crippen molar-refractivity contribution in [2.24, 2.45) is 5.73 Å². The van der Waals surface area contributed by atoms with Gasteiger partial charge in [0, 0.05) is 18.3 Å². The number of thioether (sulfide) groups is 1. The van der Waals surface area contributed by atoms with Gasteiger partial charge in [-0.25, -0.2) is 0 Å². The zero-order valence-corrected chi connectivity index (χ0v) is 18.6. The number of carboxylic acid groups (broad SMARTS) is 2. The van der Waals surface area contributed by atoms with Gasteiger partial charge in [0.1, 0.15) is 11.8 Å². The van der Waals surface area contributed by atoms with Gasteiger partial charge in [-0.1, -0.05) is 12.1 Å².